The first-order valence-corrected chi connectivity index (χ1v) is 19.6. The molecule has 12 rings (SSSR count). The molecular weight excluding hydrogens is 900 g/mol. The van der Waals surface area contributed by atoms with E-state index >= 15 is 0 Å². The van der Waals surface area contributed by atoms with Crippen LogP contribution < -0.4 is 0 Å². The quantitative estimate of drug-likeness (QED) is 0.128. The standard InChI is InChI=1S/C54H32N4.Pt/c1-3-15-35(16-4-1)43-33-49(56-34-45(43)36-17-5-2-6-18-36)37-19-13-20-38(31-37)54(46-23-9-7-21-40(46)41-22-8-10-24-47(41)54)39-28-29-42-44(32-39)52-51(27-14-30-55-52)58-50-26-12-11-25-48(50)57-53(42)58;/h1-30,33-34H;/q-2;+2. The number of hydrogen-bond donors (Lipinski definition) is 0. The van der Waals surface area contributed by atoms with Crippen molar-refractivity contribution in [2.45, 2.75) is 5.41 Å². The Bertz CT molecular complexity index is 3360. The molecule has 0 saturated carbocycles. The number of para-hydroxylation sites is 2. The van der Waals surface area contributed by atoms with Crippen molar-refractivity contribution in [2.24, 2.45) is 0 Å². The number of rotatable bonds is 5. The molecule has 0 aliphatic heterocycles. The Morgan fingerprint density at radius 2 is 1.14 bits per heavy atom. The van der Waals surface area contributed by atoms with E-state index in [4.69, 9.17) is 15.0 Å². The molecule has 59 heavy (non-hydrogen) atoms. The largest absolute Gasteiger partial charge is 2.00 e. The molecule has 0 saturated heterocycles. The van der Waals surface area contributed by atoms with E-state index in [1.165, 1.54) is 22.3 Å². The number of aromatic nitrogens is 4. The summed E-state index contributed by atoms with van der Waals surface area (Å²) < 4.78 is 2.24. The summed E-state index contributed by atoms with van der Waals surface area (Å²) in [5, 5.41) is 1.95. The zero-order valence-electron chi connectivity index (χ0n) is 31.6. The van der Waals surface area contributed by atoms with Gasteiger partial charge in [-0.2, -0.15) is 0 Å². The first kappa shape index (κ1) is 35.2. The van der Waals surface area contributed by atoms with E-state index < -0.39 is 5.41 Å². The fourth-order valence-corrected chi connectivity index (χ4v) is 9.41. The summed E-state index contributed by atoms with van der Waals surface area (Å²) in [6, 6.07) is 72.3. The van der Waals surface area contributed by atoms with E-state index in [1.807, 2.05) is 24.5 Å². The Balaban J connectivity index is 0.00000397. The summed E-state index contributed by atoms with van der Waals surface area (Å²) in [6.07, 6.45) is 3.89. The molecule has 0 N–H and O–H groups in total. The van der Waals surface area contributed by atoms with Gasteiger partial charge in [-0.15, -0.1) is 64.5 Å². The van der Waals surface area contributed by atoms with Gasteiger partial charge in [0, 0.05) is 34.4 Å². The molecule has 5 heteroatoms. The van der Waals surface area contributed by atoms with Crippen LogP contribution in [0.25, 0.3) is 83.1 Å². The maximum absolute atomic E-state index is 5.17. The topological polar surface area (TPSA) is 43.1 Å². The van der Waals surface area contributed by atoms with E-state index in [-0.39, 0.29) is 21.1 Å². The number of pyridine rings is 3. The van der Waals surface area contributed by atoms with Gasteiger partial charge in [0.25, 0.3) is 0 Å². The van der Waals surface area contributed by atoms with Crippen molar-refractivity contribution in [3.63, 3.8) is 0 Å². The van der Waals surface area contributed by atoms with Gasteiger partial charge in [-0.3, -0.25) is 0 Å². The van der Waals surface area contributed by atoms with Crippen LogP contribution in [-0.2, 0) is 26.5 Å². The summed E-state index contributed by atoms with van der Waals surface area (Å²) in [5.41, 5.74) is 17.2. The predicted molar refractivity (Wildman–Crippen MR) is 235 cm³/mol. The molecule has 0 unspecified atom stereocenters. The minimum Gasteiger partial charge on any atom is -0.307 e. The smallest absolute Gasteiger partial charge is 0.307 e. The van der Waals surface area contributed by atoms with E-state index in [9.17, 15) is 0 Å². The van der Waals surface area contributed by atoms with Crippen molar-refractivity contribution in [1.29, 1.82) is 0 Å². The molecule has 0 spiro atoms. The number of benzene rings is 7. The molecule has 4 heterocycles. The molecular formula is C54H32N4Pt. The average molecular weight is 932 g/mol. The summed E-state index contributed by atoms with van der Waals surface area (Å²) in [4.78, 5) is 15.3. The molecule has 0 radical (unpaired) electrons. The number of fused-ring (bicyclic) bond motifs is 11. The SMILES string of the molecule is [Pt+2].[c-]1c(-c2cc(-c3ccccc3)c(-c3ccccc3)cn2)cccc1C1(c2[c-]c3c(cc2)c2nc4ccccc4n2c2cccnc32)c2ccccc2-c2ccccc21. The van der Waals surface area contributed by atoms with Crippen LogP contribution in [0.2, 0.25) is 0 Å². The normalized spacial score (nSPS) is 12.7. The van der Waals surface area contributed by atoms with Crippen LogP contribution in [-0.4, -0.2) is 19.4 Å². The van der Waals surface area contributed by atoms with Gasteiger partial charge in [-0.1, -0.05) is 133 Å². The Kier molecular flexibility index (Phi) is 8.25. The minimum absolute atomic E-state index is 0. The molecule has 278 valence electrons. The summed E-state index contributed by atoms with van der Waals surface area (Å²) in [6.45, 7) is 0. The van der Waals surface area contributed by atoms with Crippen LogP contribution in [0.15, 0.2) is 194 Å². The van der Waals surface area contributed by atoms with Crippen molar-refractivity contribution in [3.05, 3.63) is 229 Å². The third-order valence-electron chi connectivity index (χ3n) is 11.9. The van der Waals surface area contributed by atoms with Gasteiger partial charge in [0.1, 0.15) is 5.65 Å². The zero-order valence-corrected chi connectivity index (χ0v) is 33.9. The molecule has 0 bridgehead atoms. The average Bonchev–Trinajstić information content (AvgIpc) is 3.84. The predicted octanol–water partition coefficient (Wildman–Crippen LogP) is 12.5. The van der Waals surface area contributed by atoms with Crippen LogP contribution >= 0.6 is 0 Å². The molecule has 4 nitrogen and oxygen atoms in total. The van der Waals surface area contributed by atoms with E-state index in [0.717, 1.165) is 83.1 Å². The third-order valence-corrected chi connectivity index (χ3v) is 11.9. The fraction of sp³-hybridized carbons (Fsp3) is 0.0185. The van der Waals surface area contributed by atoms with Gasteiger partial charge in [0.05, 0.1) is 11.0 Å². The summed E-state index contributed by atoms with van der Waals surface area (Å²) in [7, 11) is 0. The summed E-state index contributed by atoms with van der Waals surface area (Å²) >= 11 is 0. The maximum atomic E-state index is 5.17. The van der Waals surface area contributed by atoms with Gasteiger partial charge in [-0.25, -0.2) is 4.98 Å². The van der Waals surface area contributed by atoms with Gasteiger partial charge >= 0.3 is 21.1 Å². The second-order valence-electron chi connectivity index (χ2n) is 15.0. The monoisotopic (exact) mass is 931 g/mol. The van der Waals surface area contributed by atoms with Crippen molar-refractivity contribution in [1.82, 2.24) is 19.4 Å². The second kappa shape index (κ2) is 13.8. The van der Waals surface area contributed by atoms with Crippen molar-refractivity contribution >= 4 is 38.5 Å². The zero-order chi connectivity index (χ0) is 38.2. The van der Waals surface area contributed by atoms with E-state index in [1.54, 1.807) is 0 Å². The number of imidazole rings is 1. The van der Waals surface area contributed by atoms with Crippen molar-refractivity contribution in [2.75, 3.05) is 0 Å². The van der Waals surface area contributed by atoms with Crippen LogP contribution in [0, 0.1) is 12.1 Å². The van der Waals surface area contributed by atoms with Crippen molar-refractivity contribution < 1.29 is 21.1 Å². The van der Waals surface area contributed by atoms with Gasteiger partial charge in [0.15, 0.2) is 0 Å². The molecule has 7 aromatic carbocycles. The first-order chi connectivity index (χ1) is 28.8. The van der Waals surface area contributed by atoms with E-state index in [0.29, 0.717) is 0 Å². The Morgan fingerprint density at radius 3 is 1.90 bits per heavy atom. The molecule has 11 aromatic rings. The fourth-order valence-electron chi connectivity index (χ4n) is 9.41. The number of nitrogens with zero attached hydrogens (tertiary/aromatic N) is 4. The Labute approximate surface area is 355 Å². The Hall–Kier alpha value is -7.00. The molecule has 0 fully saturated rings. The summed E-state index contributed by atoms with van der Waals surface area (Å²) in [5.74, 6) is 0. The molecule has 0 atom stereocenters. The molecule has 1 aliphatic rings. The van der Waals surface area contributed by atoms with Crippen LogP contribution in [0.1, 0.15) is 22.3 Å². The van der Waals surface area contributed by atoms with Crippen LogP contribution in [0.5, 0.6) is 0 Å². The van der Waals surface area contributed by atoms with Gasteiger partial charge in [0.2, 0.25) is 0 Å². The third kappa shape index (κ3) is 5.23. The molecule has 1 aliphatic carbocycles. The van der Waals surface area contributed by atoms with Gasteiger partial charge in [-0.05, 0) is 68.9 Å². The van der Waals surface area contributed by atoms with E-state index in [2.05, 4.69) is 186 Å². The molecule has 4 aromatic heterocycles. The minimum atomic E-state index is -0.739. The van der Waals surface area contributed by atoms with Crippen LogP contribution in [0.3, 0.4) is 0 Å². The van der Waals surface area contributed by atoms with Gasteiger partial charge < -0.3 is 14.4 Å². The number of hydrogen-bond acceptors (Lipinski definition) is 3. The maximum Gasteiger partial charge on any atom is 2.00 e. The first-order valence-electron chi connectivity index (χ1n) is 19.6. The van der Waals surface area contributed by atoms with Crippen molar-refractivity contribution in [3.8, 4) is 44.6 Å². The second-order valence-corrected chi connectivity index (χ2v) is 15.0. The van der Waals surface area contributed by atoms with Crippen LogP contribution in [0.4, 0.5) is 0 Å². The molecule has 0 amide bonds. The Morgan fingerprint density at radius 1 is 0.492 bits per heavy atom.